The smallest absolute Gasteiger partial charge is 0.206 e. The summed E-state index contributed by atoms with van der Waals surface area (Å²) in [6, 6.07) is 9.99. The minimum atomic E-state index is 0.739. The van der Waals surface area contributed by atoms with E-state index in [9.17, 15) is 0 Å². The number of nitrogens with zero attached hydrogens (tertiary/aromatic N) is 4. The van der Waals surface area contributed by atoms with Crippen LogP contribution in [0.4, 0.5) is 0 Å². The molecular weight excluding hydrogens is 312 g/mol. The van der Waals surface area contributed by atoms with Gasteiger partial charge in [0.05, 0.1) is 22.0 Å². The highest BCUT2D eigenvalue weighted by Gasteiger charge is 2.09. The summed E-state index contributed by atoms with van der Waals surface area (Å²) >= 11 is 3.32. The van der Waals surface area contributed by atoms with Gasteiger partial charge in [-0.2, -0.15) is 5.10 Å². The van der Waals surface area contributed by atoms with E-state index in [-0.39, 0.29) is 0 Å². The molecule has 4 nitrogen and oxygen atoms in total. The van der Waals surface area contributed by atoms with Crippen molar-refractivity contribution >= 4 is 28.4 Å². The van der Waals surface area contributed by atoms with Crippen LogP contribution < -0.4 is 4.80 Å². The molecule has 3 rings (SSSR count). The van der Waals surface area contributed by atoms with E-state index in [1.807, 2.05) is 42.8 Å². The monoisotopic (exact) mass is 328 g/mol. The van der Waals surface area contributed by atoms with E-state index in [0.29, 0.717) is 0 Å². The lowest BCUT2D eigenvalue weighted by atomic mass is 10.3. The lowest BCUT2D eigenvalue weighted by Crippen LogP contribution is -2.14. The normalized spacial score (nSPS) is 12.8. The van der Waals surface area contributed by atoms with E-state index < -0.39 is 0 Å². The van der Waals surface area contributed by atoms with Crippen molar-refractivity contribution in [3.63, 3.8) is 0 Å². The Morgan fingerprint density at radius 2 is 2.14 bits per heavy atom. The second-order valence-electron chi connectivity index (χ2n) is 4.57. The van der Waals surface area contributed by atoms with Crippen LogP contribution in [0.5, 0.6) is 0 Å². The SMILES string of the molecule is CCN=c1scc(-c2cccs2)n1/N=C(/C)c1ccccn1. The zero-order chi connectivity index (χ0) is 15.4. The van der Waals surface area contributed by atoms with Gasteiger partial charge in [0.1, 0.15) is 0 Å². The van der Waals surface area contributed by atoms with Crippen molar-refractivity contribution in [2.24, 2.45) is 10.1 Å². The van der Waals surface area contributed by atoms with Crippen molar-refractivity contribution in [2.75, 3.05) is 6.54 Å². The largest absolute Gasteiger partial charge is 0.258 e. The van der Waals surface area contributed by atoms with Crippen molar-refractivity contribution < 1.29 is 0 Å². The number of aromatic nitrogens is 2. The molecule has 0 saturated heterocycles. The summed E-state index contributed by atoms with van der Waals surface area (Å²) in [6.45, 7) is 4.74. The molecule has 6 heteroatoms. The predicted molar refractivity (Wildman–Crippen MR) is 93.6 cm³/mol. The summed E-state index contributed by atoms with van der Waals surface area (Å²) < 4.78 is 1.92. The Balaban J connectivity index is 2.13. The van der Waals surface area contributed by atoms with Gasteiger partial charge in [0.15, 0.2) is 0 Å². The average molecular weight is 328 g/mol. The van der Waals surface area contributed by atoms with E-state index in [2.05, 4.69) is 26.8 Å². The molecule has 0 aromatic carbocycles. The summed E-state index contributed by atoms with van der Waals surface area (Å²) in [6.07, 6.45) is 1.78. The third-order valence-electron chi connectivity index (χ3n) is 3.04. The first-order valence-electron chi connectivity index (χ1n) is 7.01. The van der Waals surface area contributed by atoms with Crippen molar-refractivity contribution in [1.82, 2.24) is 9.66 Å². The van der Waals surface area contributed by atoms with Gasteiger partial charge in [0, 0.05) is 18.1 Å². The van der Waals surface area contributed by atoms with E-state index in [1.165, 1.54) is 4.88 Å². The summed E-state index contributed by atoms with van der Waals surface area (Å²) in [4.78, 5) is 11.0. The zero-order valence-electron chi connectivity index (χ0n) is 12.4. The molecule has 0 N–H and O–H groups in total. The molecule has 0 aliphatic carbocycles. The van der Waals surface area contributed by atoms with Crippen molar-refractivity contribution in [2.45, 2.75) is 13.8 Å². The van der Waals surface area contributed by atoms with Crippen LogP contribution in [0, 0.1) is 0 Å². The summed E-state index contributed by atoms with van der Waals surface area (Å²) in [5, 5.41) is 8.94. The van der Waals surface area contributed by atoms with Crippen LogP contribution in [-0.4, -0.2) is 21.9 Å². The Hall–Kier alpha value is -2.05. The summed E-state index contributed by atoms with van der Waals surface area (Å²) in [5.41, 5.74) is 2.82. The maximum Gasteiger partial charge on any atom is 0.206 e. The van der Waals surface area contributed by atoms with Crippen molar-refractivity contribution in [3.8, 4) is 10.6 Å². The molecule has 22 heavy (non-hydrogen) atoms. The molecule has 0 atom stereocenters. The summed E-state index contributed by atoms with van der Waals surface area (Å²) in [7, 11) is 0. The van der Waals surface area contributed by atoms with Gasteiger partial charge in [-0.3, -0.25) is 9.98 Å². The van der Waals surface area contributed by atoms with Crippen LogP contribution in [-0.2, 0) is 0 Å². The number of hydrogen-bond donors (Lipinski definition) is 0. The van der Waals surface area contributed by atoms with E-state index >= 15 is 0 Å². The number of thiazole rings is 1. The van der Waals surface area contributed by atoms with Gasteiger partial charge in [-0.25, -0.2) is 4.68 Å². The van der Waals surface area contributed by atoms with Crippen molar-refractivity contribution in [1.29, 1.82) is 0 Å². The fourth-order valence-electron chi connectivity index (χ4n) is 2.01. The first kappa shape index (κ1) is 14.9. The van der Waals surface area contributed by atoms with Gasteiger partial charge < -0.3 is 0 Å². The number of thiophene rings is 1. The number of hydrogen-bond acceptors (Lipinski definition) is 5. The Bertz CT molecular complexity index is 827. The Labute approximate surface area is 137 Å². The molecule has 3 aromatic rings. The van der Waals surface area contributed by atoms with Crippen LogP contribution in [0.2, 0.25) is 0 Å². The Kier molecular flexibility index (Phi) is 4.60. The number of pyridine rings is 1. The number of rotatable bonds is 4. The minimum absolute atomic E-state index is 0.739. The highest BCUT2D eigenvalue weighted by Crippen LogP contribution is 2.25. The molecule has 3 aromatic heterocycles. The molecule has 0 bridgehead atoms. The minimum Gasteiger partial charge on any atom is -0.258 e. The second kappa shape index (κ2) is 6.81. The molecule has 0 saturated carbocycles. The molecule has 0 fully saturated rings. The first-order chi connectivity index (χ1) is 10.8. The van der Waals surface area contributed by atoms with E-state index in [4.69, 9.17) is 5.10 Å². The molecule has 0 radical (unpaired) electrons. The average Bonchev–Trinajstić information content (AvgIpc) is 3.19. The second-order valence-corrected chi connectivity index (χ2v) is 6.35. The first-order valence-corrected chi connectivity index (χ1v) is 8.77. The van der Waals surface area contributed by atoms with Gasteiger partial charge in [-0.05, 0) is 37.4 Å². The highest BCUT2D eigenvalue weighted by atomic mass is 32.1. The van der Waals surface area contributed by atoms with Crippen molar-refractivity contribution in [3.05, 3.63) is 57.8 Å². The lowest BCUT2D eigenvalue weighted by molar-refractivity contribution is 0.828. The quantitative estimate of drug-likeness (QED) is 0.670. The molecule has 0 aliphatic rings. The van der Waals surface area contributed by atoms with Crippen LogP contribution in [0.15, 0.2) is 57.4 Å². The van der Waals surface area contributed by atoms with Crippen LogP contribution in [0.3, 0.4) is 0 Å². The molecule has 0 spiro atoms. The third kappa shape index (κ3) is 3.08. The van der Waals surface area contributed by atoms with E-state index in [1.54, 1.807) is 28.9 Å². The lowest BCUT2D eigenvalue weighted by Gasteiger charge is -2.04. The van der Waals surface area contributed by atoms with Gasteiger partial charge >= 0.3 is 0 Å². The van der Waals surface area contributed by atoms with E-state index in [0.717, 1.165) is 28.4 Å². The highest BCUT2D eigenvalue weighted by molar-refractivity contribution is 7.14. The molecule has 0 amide bonds. The van der Waals surface area contributed by atoms with Crippen LogP contribution in [0.25, 0.3) is 10.6 Å². The third-order valence-corrected chi connectivity index (χ3v) is 4.78. The fraction of sp³-hybridized carbons (Fsp3) is 0.188. The van der Waals surface area contributed by atoms with Crippen LogP contribution >= 0.6 is 22.7 Å². The maximum absolute atomic E-state index is 4.76. The molecule has 3 heterocycles. The zero-order valence-corrected chi connectivity index (χ0v) is 14.1. The predicted octanol–water partition coefficient (Wildman–Crippen LogP) is 3.87. The van der Waals surface area contributed by atoms with Gasteiger partial charge in [-0.1, -0.05) is 12.1 Å². The molecule has 0 aliphatic heterocycles. The molecule has 0 unspecified atom stereocenters. The Morgan fingerprint density at radius 3 is 2.82 bits per heavy atom. The molecule has 112 valence electrons. The maximum atomic E-state index is 4.76. The van der Waals surface area contributed by atoms with Gasteiger partial charge in [-0.15, -0.1) is 22.7 Å². The molecular formula is C16H16N4S2. The van der Waals surface area contributed by atoms with Gasteiger partial charge in [0.2, 0.25) is 4.80 Å². The van der Waals surface area contributed by atoms with Crippen LogP contribution in [0.1, 0.15) is 19.5 Å². The summed E-state index contributed by atoms with van der Waals surface area (Å²) in [5.74, 6) is 0. The Morgan fingerprint density at radius 1 is 1.23 bits per heavy atom. The fourth-order valence-corrected chi connectivity index (χ4v) is 3.70. The standard InChI is InChI=1S/C16H16N4S2/c1-3-17-16-20(14(11-22-16)15-8-6-10-21-15)19-12(2)13-7-4-5-9-18-13/h4-11H,3H2,1-2H3/b17-16?,19-12-. The van der Waals surface area contributed by atoms with Gasteiger partial charge in [0.25, 0.3) is 0 Å². The topological polar surface area (TPSA) is 42.5 Å².